The van der Waals surface area contributed by atoms with Gasteiger partial charge in [-0.3, -0.25) is 4.79 Å². The molecule has 5 heteroatoms. The Morgan fingerprint density at radius 2 is 2.05 bits per heavy atom. The van der Waals surface area contributed by atoms with Crippen molar-refractivity contribution in [1.82, 2.24) is 4.37 Å². The van der Waals surface area contributed by atoms with Gasteiger partial charge in [0.2, 0.25) is 5.91 Å². The van der Waals surface area contributed by atoms with Gasteiger partial charge in [-0.15, -0.1) is 11.8 Å². The van der Waals surface area contributed by atoms with Crippen LogP contribution in [0.3, 0.4) is 0 Å². The van der Waals surface area contributed by atoms with E-state index in [0.717, 1.165) is 28.2 Å². The summed E-state index contributed by atoms with van der Waals surface area (Å²) >= 11 is 3.09. The zero-order valence-electron chi connectivity index (χ0n) is 12.3. The fourth-order valence-corrected chi connectivity index (χ4v) is 3.58. The maximum atomic E-state index is 12.0. The molecule has 2 unspecified atom stereocenters. The molecule has 1 aromatic heterocycles. The average Bonchev–Trinajstić information content (AvgIpc) is 3.13. The molecule has 3 rings (SSSR count). The minimum Gasteiger partial charge on any atom is -0.316 e. The highest BCUT2D eigenvalue weighted by molar-refractivity contribution is 7.98. The van der Waals surface area contributed by atoms with Crippen molar-refractivity contribution in [3.63, 3.8) is 0 Å². The molecular formula is C16H18N2OS2. The molecule has 1 saturated carbocycles. The van der Waals surface area contributed by atoms with Crippen molar-refractivity contribution >= 4 is 34.2 Å². The Hall–Kier alpha value is -1.33. The number of amides is 1. The van der Waals surface area contributed by atoms with Gasteiger partial charge in [0.05, 0.1) is 5.69 Å². The quantitative estimate of drug-likeness (QED) is 0.848. The second kappa shape index (κ2) is 5.81. The second-order valence-corrected chi connectivity index (χ2v) is 7.18. The van der Waals surface area contributed by atoms with E-state index in [4.69, 9.17) is 0 Å². The van der Waals surface area contributed by atoms with Crippen LogP contribution < -0.4 is 5.32 Å². The van der Waals surface area contributed by atoms with Gasteiger partial charge in [-0.05, 0) is 49.2 Å². The molecule has 0 spiro atoms. The van der Waals surface area contributed by atoms with Gasteiger partial charge in [0.15, 0.2) is 0 Å². The van der Waals surface area contributed by atoms with Crippen molar-refractivity contribution in [2.24, 2.45) is 11.8 Å². The molecule has 1 aliphatic rings. The monoisotopic (exact) mass is 318 g/mol. The molecule has 2 atom stereocenters. The van der Waals surface area contributed by atoms with Crippen LogP contribution in [0.15, 0.2) is 29.2 Å². The van der Waals surface area contributed by atoms with Crippen LogP contribution >= 0.6 is 23.3 Å². The largest absolute Gasteiger partial charge is 0.316 e. The SMILES string of the molecule is CSc1ccc(-c2nsc(NC(=O)C3CC3C)c2C)cc1. The summed E-state index contributed by atoms with van der Waals surface area (Å²) in [4.78, 5) is 13.3. The van der Waals surface area contributed by atoms with Crippen molar-refractivity contribution in [3.8, 4) is 11.3 Å². The second-order valence-electron chi connectivity index (χ2n) is 5.52. The number of hydrogen-bond donors (Lipinski definition) is 1. The maximum absolute atomic E-state index is 12.0. The Bertz CT molecular complexity index is 663. The van der Waals surface area contributed by atoms with E-state index in [-0.39, 0.29) is 11.8 Å². The van der Waals surface area contributed by atoms with Gasteiger partial charge >= 0.3 is 0 Å². The summed E-state index contributed by atoms with van der Waals surface area (Å²) < 4.78 is 4.51. The molecule has 1 N–H and O–H groups in total. The first-order valence-corrected chi connectivity index (χ1v) is 9.01. The molecule has 0 radical (unpaired) electrons. The van der Waals surface area contributed by atoms with E-state index < -0.39 is 0 Å². The Kier molecular flexibility index (Phi) is 4.04. The van der Waals surface area contributed by atoms with Gasteiger partial charge in [0.1, 0.15) is 5.00 Å². The molecule has 2 aromatic rings. The van der Waals surface area contributed by atoms with E-state index in [2.05, 4.69) is 47.1 Å². The van der Waals surface area contributed by atoms with Crippen LogP contribution in [0.25, 0.3) is 11.3 Å². The van der Waals surface area contributed by atoms with Crippen LogP contribution in [0.5, 0.6) is 0 Å². The van der Waals surface area contributed by atoms with E-state index in [1.165, 1.54) is 16.4 Å². The average molecular weight is 318 g/mol. The van der Waals surface area contributed by atoms with E-state index in [1.807, 2.05) is 6.92 Å². The highest BCUT2D eigenvalue weighted by atomic mass is 32.2. The first kappa shape index (κ1) is 14.6. The summed E-state index contributed by atoms with van der Waals surface area (Å²) in [6, 6.07) is 8.37. The number of thioether (sulfide) groups is 1. The third kappa shape index (κ3) is 2.99. The molecule has 1 aromatic carbocycles. The molecule has 21 heavy (non-hydrogen) atoms. The molecule has 1 fully saturated rings. The fraction of sp³-hybridized carbons (Fsp3) is 0.375. The number of nitrogens with one attached hydrogen (secondary N) is 1. The summed E-state index contributed by atoms with van der Waals surface area (Å²) in [5.41, 5.74) is 3.12. The zero-order chi connectivity index (χ0) is 15.0. The van der Waals surface area contributed by atoms with Gasteiger partial charge < -0.3 is 5.32 Å². The predicted molar refractivity (Wildman–Crippen MR) is 90.0 cm³/mol. The van der Waals surface area contributed by atoms with Gasteiger partial charge in [0, 0.05) is 21.9 Å². The normalized spacial score (nSPS) is 20.3. The third-order valence-electron chi connectivity index (χ3n) is 3.97. The summed E-state index contributed by atoms with van der Waals surface area (Å²) in [6.45, 7) is 4.13. The molecular weight excluding hydrogens is 300 g/mol. The standard InChI is InChI=1S/C16H18N2OS2/c1-9-8-13(9)15(19)17-16-10(2)14(18-21-16)11-4-6-12(20-3)7-5-11/h4-7,9,13H,8H2,1-3H3,(H,17,19). The Labute approximate surface area is 133 Å². The highest BCUT2D eigenvalue weighted by Gasteiger charge is 2.39. The number of carbonyl (C=O) groups is 1. The van der Waals surface area contributed by atoms with Crippen molar-refractivity contribution in [3.05, 3.63) is 29.8 Å². The minimum atomic E-state index is 0.138. The summed E-state index contributed by atoms with van der Waals surface area (Å²) in [7, 11) is 0. The molecule has 0 saturated heterocycles. The van der Waals surface area contributed by atoms with Crippen LogP contribution in [0, 0.1) is 18.8 Å². The van der Waals surface area contributed by atoms with E-state index in [1.54, 1.807) is 11.8 Å². The van der Waals surface area contributed by atoms with Crippen LogP contribution in [-0.4, -0.2) is 16.5 Å². The van der Waals surface area contributed by atoms with E-state index in [0.29, 0.717) is 5.92 Å². The molecule has 0 aliphatic heterocycles. The topological polar surface area (TPSA) is 42.0 Å². The summed E-state index contributed by atoms with van der Waals surface area (Å²) in [6.07, 6.45) is 3.07. The van der Waals surface area contributed by atoms with E-state index >= 15 is 0 Å². The summed E-state index contributed by atoms with van der Waals surface area (Å²) in [5.74, 6) is 0.853. The number of carbonyl (C=O) groups excluding carboxylic acids is 1. The lowest BCUT2D eigenvalue weighted by atomic mass is 10.1. The number of nitrogens with zero attached hydrogens (tertiary/aromatic N) is 1. The Morgan fingerprint density at radius 1 is 1.38 bits per heavy atom. The third-order valence-corrected chi connectivity index (χ3v) is 5.58. The fourth-order valence-electron chi connectivity index (χ4n) is 2.36. The van der Waals surface area contributed by atoms with Gasteiger partial charge in [-0.1, -0.05) is 19.1 Å². The molecule has 1 aliphatic carbocycles. The number of rotatable bonds is 4. The number of hydrogen-bond acceptors (Lipinski definition) is 4. The molecule has 3 nitrogen and oxygen atoms in total. The number of aromatic nitrogens is 1. The van der Waals surface area contributed by atoms with Crippen molar-refractivity contribution in [2.75, 3.05) is 11.6 Å². The van der Waals surface area contributed by atoms with Crippen molar-refractivity contribution < 1.29 is 4.79 Å². The highest BCUT2D eigenvalue weighted by Crippen LogP contribution is 2.40. The first-order valence-electron chi connectivity index (χ1n) is 7.01. The summed E-state index contributed by atoms with van der Waals surface area (Å²) in [5, 5.41) is 3.91. The maximum Gasteiger partial charge on any atom is 0.228 e. The van der Waals surface area contributed by atoms with Gasteiger partial charge in [-0.25, -0.2) is 0 Å². The lowest BCUT2D eigenvalue weighted by molar-refractivity contribution is -0.117. The zero-order valence-corrected chi connectivity index (χ0v) is 14.0. The van der Waals surface area contributed by atoms with Crippen LogP contribution in [0.1, 0.15) is 18.9 Å². The molecule has 0 bridgehead atoms. The number of benzene rings is 1. The van der Waals surface area contributed by atoms with Crippen molar-refractivity contribution in [1.29, 1.82) is 0 Å². The minimum absolute atomic E-state index is 0.138. The smallest absolute Gasteiger partial charge is 0.228 e. The van der Waals surface area contributed by atoms with Gasteiger partial charge in [-0.2, -0.15) is 4.37 Å². The Balaban J connectivity index is 1.79. The number of anilines is 1. The van der Waals surface area contributed by atoms with Crippen LogP contribution in [0.4, 0.5) is 5.00 Å². The first-order chi connectivity index (χ1) is 10.1. The lowest BCUT2D eigenvalue weighted by Gasteiger charge is -2.04. The molecule has 1 heterocycles. The van der Waals surface area contributed by atoms with E-state index in [9.17, 15) is 4.79 Å². The Morgan fingerprint density at radius 3 is 2.62 bits per heavy atom. The predicted octanol–water partition coefficient (Wildman–Crippen LogP) is 4.43. The van der Waals surface area contributed by atoms with Crippen molar-refractivity contribution in [2.45, 2.75) is 25.2 Å². The van der Waals surface area contributed by atoms with Crippen LogP contribution in [-0.2, 0) is 4.79 Å². The molecule has 1 amide bonds. The lowest BCUT2D eigenvalue weighted by Crippen LogP contribution is -2.14. The van der Waals surface area contributed by atoms with Crippen LogP contribution in [0.2, 0.25) is 0 Å². The molecule has 110 valence electrons. The van der Waals surface area contributed by atoms with Gasteiger partial charge in [0.25, 0.3) is 0 Å².